The first kappa shape index (κ1) is 31.4. The second kappa shape index (κ2) is 23.5. The molecule has 5 heteroatoms. The molecule has 0 aromatic carbocycles. The van der Waals surface area contributed by atoms with Crippen LogP contribution in [0.1, 0.15) is 130 Å². The first-order valence-electron chi connectivity index (χ1n) is 13.5. The Morgan fingerprint density at radius 1 is 0.625 bits per heavy atom. The molecule has 0 radical (unpaired) electrons. The van der Waals surface area contributed by atoms with Gasteiger partial charge in [-0.3, -0.25) is 4.79 Å². The maximum atomic E-state index is 12.0. The molecule has 0 bridgehead atoms. The summed E-state index contributed by atoms with van der Waals surface area (Å²) in [5.74, 6) is -0.131. The summed E-state index contributed by atoms with van der Waals surface area (Å²) in [6.07, 6.45) is 19.8. The second-order valence-electron chi connectivity index (χ2n) is 9.47. The number of carbonyl (C=O) groups is 1. The highest BCUT2D eigenvalue weighted by molar-refractivity contribution is 5.69. The van der Waals surface area contributed by atoms with Gasteiger partial charge in [-0.1, -0.05) is 96.8 Å². The highest BCUT2D eigenvalue weighted by Gasteiger charge is 2.12. The third-order valence-corrected chi connectivity index (χ3v) is 5.81. The van der Waals surface area contributed by atoms with Crippen molar-refractivity contribution in [3.63, 3.8) is 0 Å². The third kappa shape index (κ3) is 22.5. The van der Waals surface area contributed by atoms with Gasteiger partial charge >= 0.3 is 5.97 Å². The quantitative estimate of drug-likeness (QED) is 0.125. The standard InChI is InChI=1S/C27H54O5/c1-5-6-7-8-9-10-11-12-13-14-15-16-17-18-19-20-27(29)32-26(4)23-31-25(3)22-30-24(2)21-28/h24-26,28H,5-23H2,1-4H3. The second-order valence-corrected chi connectivity index (χ2v) is 9.47. The SMILES string of the molecule is CCCCCCCCCCCCCCCCCC(=O)OC(C)COC(C)COC(C)CO. The van der Waals surface area contributed by atoms with Crippen molar-refractivity contribution in [3.05, 3.63) is 0 Å². The lowest BCUT2D eigenvalue weighted by atomic mass is 10.0. The molecule has 0 aromatic heterocycles. The van der Waals surface area contributed by atoms with E-state index in [9.17, 15) is 4.79 Å². The molecule has 0 amide bonds. The number of aliphatic hydroxyl groups is 1. The van der Waals surface area contributed by atoms with Crippen LogP contribution in [0.15, 0.2) is 0 Å². The first-order valence-corrected chi connectivity index (χ1v) is 13.5. The third-order valence-electron chi connectivity index (χ3n) is 5.81. The minimum absolute atomic E-state index is 0.0000440. The van der Waals surface area contributed by atoms with Crippen LogP contribution < -0.4 is 0 Å². The van der Waals surface area contributed by atoms with Gasteiger partial charge in [0.05, 0.1) is 32.0 Å². The maximum absolute atomic E-state index is 12.0. The van der Waals surface area contributed by atoms with Crippen LogP contribution in [-0.4, -0.2) is 49.2 Å². The van der Waals surface area contributed by atoms with E-state index in [1.165, 1.54) is 83.5 Å². The zero-order chi connectivity index (χ0) is 23.9. The highest BCUT2D eigenvalue weighted by atomic mass is 16.6. The maximum Gasteiger partial charge on any atom is 0.306 e. The van der Waals surface area contributed by atoms with E-state index in [0.29, 0.717) is 19.6 Å². The van der Waals surface area contributed by atoms with Crippen molar-refractivity contribution in [3.8, 4) is 0 Å². The Morgan fingerprint density at radius 3 is 1.50 bits per heavy atom. The van der Waals surface area contributed by atoms with Crippen molar-refractivity contribution < 1.29 is 24.1 Å². The number of esters is 1. The van der Waals surface area contributed by atoms with Crippen molar-refractivity contribution in [2.45, 2.75) is 149 Å². The van der Waals surface area contributed by atoms with Crippen molar-refractivity contribution in [1.29, 1.82) is 0 Å². The van der Waals surface area contributed by atoms with Crippen LogP contribution in [0.5, 0.6) is 0 Å². The summed E-state index contributed by atoms with van der Waals surface area (Å²) in [5, 5.41) is 8.95. The summed E-state index contributed by atoms with van der Waals surface area (Å²) in [6, 6.07) is 0. The van der Waals surface area contributed by atoms with Gasteiger partial charge in [0, 0.05) is 6.42 Å². The molecule has 0 aliphatic rings. The van der Waals surface area contributed by atoms with E-state index in [1.54, 1.807) is 0 Å². The zero-order valence-electron chi connectivity index (χ0n) is 21.7. The van der Waals surface area contributed by atoms with Crippen molar-refractivity contribution in [1.82, 2.24) is 0 Å². The summed E-state index contributed by atoms with van der Waals surface area (Å²) in [4.78, 5) is 12.0. The number of carbonyl (C=O) groups excluding carboxylic acids is 1. The Bertz CT molecular complexity index is 402. The molecule has 5 nitrogen and oxygen atoms in total. The summed E-state index contributed by atoms with van der Waals surface area (Å²) in [5.41, 5.74) is 0. The van der Waals surface area contributed by atoms with Gasteiger partial charge in [-0.2, -0.15) is 0 Å². The molecule has 1 N–H and O–H groups in total. The van der Waals surface area contributed by atoms with Crippen molar-refractivity contribution in [2.24, 2.45) is 0 Å². The molecule has 0 fully saturated rings. The van der Waals surface area contributed by atoms with E-state index >= 15 is 0 Å². The van der Waals surface area contributed by atoms with Crippen LogP contribution in [0.4, 0.5) is 0 Å². The predicted molar refractivity (Wildman–Crippen MR) is 133 cm³/mol. The molecule has 0 saturated heterocycles. The molecular formula is C27H54O5. The number of unbranched alkanes of at least 4 members (excludes halogenated alkanes) is 14. The number of rotatable bonds is 24. The highest BCUT2D eigenvalue weighted by Crippen LogP contribution is 2.14. The van der Waals surface area contributed by atoms with Crippen LogP contribution >= 0.6 is 0 Å². The van der Waals surface area contributed by atoms with Gasteiger partial charge in [0.1, 0.15) is 6.10 Å². The Balaban J connectivity index is 3.40. The molecule has 0 aliphatic carbocycles. The minimum Gasteiger partial charge on any atom is -0.460 e. The average Bonchev–Trinajstić information content (AvgIpc) is 2.78. The summed E-state index contributed by atoms with van der Waals surface area (Å²) >= 11 is 0. The zero-order valence-corrected chi connectivity index (χ0v) is 21.7. The fourth-order valence-corrected chi connectivity index (χ4v) is 3.66. The number of hydrogen-bond donors (Lipinski definition) is 1. The molecule has 0 saturated carbocycles. The number of aliphatic hydroxyl groups excluding tert-OH is 1. The molecule has 32 heavy (non-hydrogen) atoms. The first-order chi connectivity index (χ1) is 15.5. The normalized spacial score (nSPS) is 14.3. The lowest BCUT2D eigenvalue weighted by molar-refractivity contribution is -0.153. The minimum atomic E-state index is -0.253. The molecule has 3 unspecified atom stereocenters. The summed E-state index contributed by atoms with van der Waals surface area (Å²) in [6.45, 7) is 8.64. The van der Waals surface area contributed by atoms with Gasteiger partial charge in [-0.15, -0.1) is 0 Å². The van der Waals surface area contributed by atoms with E-state index in [-0.39, 0.29) is 30.9 Å². The molecule has 192 valence electrons. The van der Waals surface area contributed by atoms with Crippen molar-refractivity contribution in [2.75, 3.05) is 19.8 Å². The molecule has 0 spiro atoms. The Kier molecular flexibility index (Phi) is 23.0. The monoisotopic (exact) mass is 458 g/mol. The van der Waals surface area contributed by atoms with E-state index < -0.39 is 0 Å². The number of ether oxygens (including phenoxy) is 3. The van der Waals surface area contributed by atoms with E-state index in [1.807, 2.05) is 20.8 Å². The molecule has 0 aliphatic heterocycles. The van der Waals surface area contributed by atoms with Crippen LogP contribution in [0.3, 0.4) is 0 Å². The van der Waals surface area contributed by atoms with Gasteiger partial charge in [0.2, 0.25) is 0 Å². The Hall–Kier alpha value is -0.650. The molecular weight excluding hydrogens is 404 g/mol. The van der Waals surface area contributed by atoms with Crippen LogP contribution in [0.25, 0.3) is 0 Å². The average molecular weight is 459 g/mol. The lowest BCUT2D eigenvalue weighted by Gasteiger charge is -2.19. The summed E-state index contributed by atoms with van der Waals surface area (Å²) < 4.78 is 16.5. The molecule has 0 rings (SSSR count). The van der Waals surface area contributed by atoms with Gasteiger partial charge in [0.25, 0.3) is 0 Å². The smallest absolute Gasteiger partial charge is 0.306 e. The predicted octanol–water partition coefficient (Wildman–Crippen LogP) is 6.98. The van der Waals surface area contributed by atoms with E-state index in [2.05, 4.69) is 6.92 Å². The van der Waals surface area contributed by atoms with Gasteiger partial charge < -0.3 is 19.3 Å². The van der Waals surface area contributed by atoms with Crippen LogP contribution in [0, 0.1) is 0 Å². The molecule has 0 aromatic rings. The Labute approximate surface area is 199 Å². The van der Waals surface area contributed by atoms with E-state index in [0.717, 1.165) is 12.8 Å². The fourth-order valence-electron chi connectivity index (χ4n) is 3.66. The Morgan fingerprint density at radius 2 is 1.03 bits per heavy atom. The van der Waals surface area contributed by atoms with Crippen molar-refractivity contribution >= 4 is 5.97 Å². The summed E-state index contributed by atoms with van der Waals surface area (Å²) in [7, 11) is 0. The van der Waals surface area contributed by atoms with Gasteiger partial charge in [-0.05, 0) is 27.2 Å². The lowest BCUT2D eigenvalue weighted by Crippen LogP contribution is -2.27. The van der Waals surface area contributed by atoms with Crippen LogP contribution in [0.2, 0.25) is 0 Å². The molecule has 3 atom stereocenters. The number of hydrogen-bond acceptors (Lipinski definition) is 5. The molecule has 0 heterocycles. The van der Waals surface area contributed by atoms with Crippen LogP contribution in [-0.2, 0) is 19.0 Å². The topological polar surface area (TPSA) is 65.0 Å². The van der Waals surface area contributed by atoms with Gasteiger partial charge in [-0.25, -0.2) is 0 Å². The van der Waals surface area contributed by atoms with E-state index in [4.69, 9.17) is 19.3 Å². The van der Waals surface area contributed by atoms with Gasteiger partial charge in [0.15, 0.2) is 0 Å². The largest absolute Gasteiger partial charge is 0.460 e. The fraction of sp³-hybridized carbons (Fsp3) is 0.963.